The molecule has 2 amide bonds. The second-order valence-electron chi connectivity index (χ2n) is 7.34. The summed E-state index contributed by atoms with van der Waals surface area (Å²) in [6.45, 7) is 6.62. The molecule has 0 aromatic heterocycles. The van der Waals surface area contributed by atoms with Gasteiger partial charge in [0.05, 0.1) is 5.75 Å². The van der Waals surface area contributed by atoms with E-state index in [1.807, 2.05) is 0 Å². The molecule has 0 spiro atoms. The van der Waals surface area contributed by atoms with E-state index in [-0.39, 0.29) is 18.3 Å². The number of nitrogens with zero attached hydrogens (tertiary/aromatic N) is 1. The van der Waals surface area contributed by atoms with Gasteiger partial charge in [0, 0.05) is 26.2 Å². The summed E-state index contributed by atoms with van der Waals surface area (Å²) in [6.07, 6.45) is 5.47. The van der Waals surface area contributed by atoms with Crippen LogP contribution in [0.5, 0.6) is 0 Å². The Kier molecular flexibility index (Phi) is 6.71. The highest BCUT2D eigenvalue weighted by atomic mass is 32.2. The number of nitrogens with one attached hydrogen (secondary N) is 2. The highest BCUT2D eigenvalue weighted by molar-refractivity contribution is 7.89. The van der Waals surface area contributed by atoms with Crippen molar-refractivity contribution in [3.63, 3.8) is 0 Å². The first-order valence-corrected chi connectivity index (χ1v) is 10.5. The number of amides is 2. The molecule has 1 saturated heterocycles. The van der Waals surface area contributed by atoms with Crippen LogP contribution in [0.3, 0.4) is 0 Å². The van der Waals surface area contributed by atoms with E-state index in [4.69, 9.17) is 0 Å². The fourth-order valence-electron chi connectivity index (χ4n) is 3.97. The van der Waals surface area contributed by atoms with Crippen LogP contribution in [0.15, 0.2) is 0 Å². The molecule has 1 aliphatic heterocycles. The van der Waals surface area contributed by atoms with Crippen LogP contribution in [0.2, 0.25) is 0 Å². The van der Waals surface area contributed by atoms with Crippen LogP contribution in [0.4, 0.5) is 4.79 Å². The topological polar surface area (TPSA) is 78.5 Å². The van der Waals surface area contributed by atoms with E-state index in [9.17, 15) is 13.2 Å². The molecule has 23 heavy (non-hydrogen) atoms. The van der Waals surface area contributed by atoms with E-state index >= 15 is 0 Å². The van der Waals surface area contributed by atoms with E-state index in [1.165, 1.54) is 10.7 Å². The van der Waals surface area contributed by atoms with Gasteiger partial charge in [-0.1, -0.05) is 13.8 Å². The number of sulfonamides is 1. The minimum absolute atomic E-state index is 0.0160. The van der Waals surface area contributed by atoms with Crippen molar-refractivity contribution in [2.24, 2.45) is 17.8 Å². The minimum atomic E-state index is -3.21. The van der Waals surface area contributed by atoms with Crippen LogP contribution in [-0.4, -0.2) is 50.7 Å². The second-order valence-corrected chi connectivity index (χ2v) is 9.43. The average Bonchev–Trinajstić information content (AvgIpc) is 2.99. The predicted molar refractivity (Wildman–Crippen MR) is 91.7 cm³/mol. The molecule has 0 bridgehead atoms. The molecule has 2 fully saturated rings. The van der Waals surface area contributed by atoms with Gasteiger partial charge in [0.15, 0.2) is 0 Å². The van der Waals surface area contributed by atoms with Gasteiger partial charge in [0.2, 0.25) is 10.0 Å². The molecule has 2 N–H and O–H groups in total. The average molecular weight is 346 g/mol. The van der Waals surface area contributed by atoms with Crippen molar-refractivity contribution in [2.45, 2.75) is 46.0 Å². The van der Waals surface area contributed by atoms with Gasteiger partial charge < -0.3 is 10.6 Å². The van der Waals surface area contributed by atoms with E-state index in [1.54, 1.807) is 0 Å². The third-order valence-corrected chi connectivity index (χ3v) is 6.80. The fraction of sp³-hybridized carbons (Fsp3) is 0.938. The molecule has 134 valence electrons. The molecule has 0 radical (unpaired) electrons. The van der Waals surface area contributed by atoms with Crippen LogP contribution >= 0.6 is 0 Å². The predicted octanol–water partition coefficient (Wildman–Crippen LogP) is 1.78. The first kappa shape index (κ1) is 18.5. The summed E-state index contributed by atoms with van der Waals surface area (Å²) in [5.41, 5.74) is 0. The summed E-state index contributed by atoms with van der Waals surface area (Å²) in [7, 11) is -3.21. The van der Waals surface area contributed by atoms with E-state index in [0.717, 1.165) is 37.5 Å². The highest BCUT2D eigenvalue weighted by Crippen LogP contribution is 2.32. The maximum absolute atomic E-state index is 12.0. The zero-order valence-corrected chi connectivity index (χ0v) is 15.2. The number of carbonyl (C=O) groups excluding carboxylic acids is 1. The standard InChI is InChI=1S/C16H31N3O3S/c1-13-9-14(2)11-15(10-13)12-18-16(20)17-5-8-23(21,22)19-6-3-4-7-19/h13-15H,3-12H2,1-2H3,(H2,17,18,20). The SMILES string of the molecule is CC1CC(C)CC(CNC(=O)NCCS(=O)(=O)N2CCCC2)C1. The first-order valence-electron chi connectivity index (χ1n) is 8.86. The van der Waals surface area contributed by atoms with Gasteiger partial charge in [-0.05, 0) is 49.9 Å². The summed E-state index contributed by atoms with van der Waals surface area (Å²) < 4.78 is 25.6. The molecule has 2 aliphatic rings. The highest BCUT2D eigenvalue weighted by Gasteiger charge is 2.26. The summed E-state index contributed by atoms with van der Waals surface area (Å²) in [4.78, 5) is 11.8. The quantitative estimate of drug-likeness (QED) is 0.770. The molecular weight excluding hydrogens is 314 g/mol. The van der Waals surface area contributed by atoms with Crippen molar-refractivity contribution in [3.05, 3.63) is 0 Å². The van der Waals surface area contributed by atoms with Crippen molar-refractivity contribution >= 4 is 16.1 Å². The Labute approximate surface area is 140 Å². The largest absolute Gasteiger partial charge is 0.338 e. The normalized spacial score (nSPS) is 29.4. The molecule has 1 saturated carbocycles. The number of carbonyl (C=O) groups is 1. The lowest BCUT2D eigenvalue weighted by Gasteiger charge is -2.31. The second kappa shape index (κ2) is 8.33. The Morgan fingerprint density at radius 1 is 1.04 bits per heavy atom. The molecule has 1 heterocycles. The van der Waals surface area contributed by atoms with Crippen LogP contribution in [0, 0.1) is 17.8 Å². The Bertz CT molecular complexity index is 479. The summed E-state index contributed by atoms with van der Waals surface area (Å²) in [5.74, 6) is 1.96. The molecule has 2 unspecified atom stereocenters. The molecule has 2 rings (SSSR count). The van der Waals surface area contributed by atoms with Crippen molar-refractivity contribution in [2.75, 3.05) is 31.9 Å². The maximum Gasteiger partial charge on any atom is 0.314 e. The lowest BCUT2D eigenvalue weighted by molar-refractivity contribution is 0.207. The van der Waals surface area contributed by atoms with Crippen LogP contribution in [-0.2, 0) is 10.0 Å². The van der Waals surface area contributed by atoms with Gasteiger partial charge in [0.25, 0.3) is 0 Å². The zero-order chi connectivity index (χ0) is 16.9. The molecule has 7 heteroatoms. The van der Waals surface area contributed by atoms with E-state index in [0.29, 0.717) is 25.6 Å². The smallest absolute Gasteiger partial charge is 0.314 e. The number of urea groups is 1. The monoisotopic (exact) mass is 345 g/mol. The molecule has 2 atom stereocenters. The molecule has 0 aromatic carbocycles. The number of hydrogen-bond donors (Lipinski definition) is 2. The third kappa shape index (κ3) is 5.95. The lowest BCUT2D eigenvalue weighted by atomic mass is 9.77. The van der Waals surface area contributed by atoms with Gasteiger partial charge >= 0.3 is 6.03 Å². The van der Waals surface area contributed by atoms with Crippen LogP contribution < -0.4 is 10.6 Å². The zero-order valence-electron chi connectivity index (χ0n) is 14.4. The minimum Gasteiger partial charge on any atom is -0.338 e. The van der Waals surface area contributed by atoms with Crippen LogP contribution in [0.25, 0.3) is 0 Å². The molecule has 6 nitrogen and oxygen atoms in total. The van der Waals surface area contributed by atoms with Crippen LogP contribution in [0.1, 0.15) is 46.0 Å². The van der Waals surface area contributed by atoms with Gasteiger partial charge in [-0.3, -0.25) is 0 Å². The van der Waals surface area contributed by atoms with Crippen molar-refractivity contribution in [1.29, 1.82) is 0 Å². The van der Waals surface area contributed by atoms with Gasteiger partial charge in [-0.15, -0.1) is 0 Å². The first-order chi connectivity index (χ1) is 10.9. The third-order valence-electron chi connectivity index (χ3n) is 4.93. The van der Waals surface area contributed by atoms with E-state index < -0.39 is 10.0 Å². The van der Waals surface area contributed by atoms with E-state index in [2.05, 4.69) is 24.5 Å². The molecule has 0 aromatic rings. The summed E-state index contributed by atoms with van der Waals surface area (Å²) in [6, 6.07) is -0.257. The molecular formula is C16H31N3O3S. The Hall–Kier alpha value is -0.820. The van der Waals surface area contributed by atoms with Crippen molar-refractivity contribution in [3.8, 4) is 0 Å². The van der Waals surface area contributed by atoms with Gasteiger partial charge in [0.1, 0.15) is 0 Å². The molecule has 1 aliphatic carbocycles. The van der Waals surface area contributed by atoms with Crippen molar-refractivity contribution in [1.82, 2.24) is 14.9 Å². The maximum atomic E-state index is 12.0. The Morgan fingerprint density at radius 2 is 1.65 bits per heavy atom. The van der Waals surface area contributed by atoms with Gasteiger partial charge in [-0.2, -0.15) is 0 Å². The Morgan fingerprint density at radius 3 is 2.26 bits per heavy atom. The number of hydrogen-bond acceptors (Lipinski definition) is 3. The lowest BCUT2D eigenvalue weighted by Crippen LogP contribution is -2.42. The van der Waals surface area contributed by atoms with Gasteiger partial charge in [-0.25, -0.2) is 17.5 Å². The summed E-state index contributed by atoms with van der Waals surface area (Å²) >= 11 is 0. The van der Waals surface area contributed by atoms with Crippen molar-refractivity contribution < 1.29 is 13.2 Å². The fourth-order valence-corrected chi connectivity index (χ4v) is 5.40. The summed E-state index contributed by atoms with van der Waals surface area (Å²) in [5, 5.41) is 5.56. The Balaban J connectivity index is 1.63. The number of rotatable bonds is 6.